The Morgan fingerprint density at radius 2 is 1.66 bits per heavy atom. The average molecular weight is 445 g/mol. The standard InChI is InChI=1S/C30H52O2/c1-21(11-7-8-13-27(31)32-28(2,3)4)24-16-17-25-23-15-14-22-12-9-10-19-29(22,5)26(23)18-20-30(24,25)6/h21-26H,7-20H2,1-6H3/t21-,22?,23?,24?,25?,26?,29?,30?/m1/s1. The van der Waals surface area contributed by atoms with E-state index in [0.717, 1.165) is 41.9 Å². The van der Waals surface area contributed by atoms with Crippen LogP contribution >= 0.6 is 0 Å². The van der Waals surface area contributed by atoms with Crippen LogP contribution in [0.5, 0.6) is 0 Å². The van der Waals surface area contributed by atoms with Gasteiger partial charge in [-0.15, -0.1) is 0 Å². The van der Waals surface area contributed by atoms with Crippen LogP contribution in [-0.2, 0) is 9.53 Å². The van der Waals surface area contributed by atoms with E-state index in [-0.39, 0.29) is 11.6 Å². The number of esters is 1. The van der Waals surface area contributed by atoms with Crippen molar-refractivity contribution in [2.45, 2.75) is 137 Å². The van der Waals surface area contributed by atoms with E-state index in [1.807, 2.05) is 20.8 Å². The van der Waals surface area contributed by atoms with Crippen LogP contribution in [0.15, 0.2) is 0 Å². The zero-order valence-electron chi connectivity index (χ0n) is 22.2. The minimum Gasteiger partial charge on any atom is -0.460 e. The topological polar surface area (TPSA) is 26.3 Å². The fourth-order valence-corrected chi connectivity index (χ4v) is 9.60. The Labute approximate surface area is 199 Å². The first-order chi connectivity index (χ1) is 15.0. The van der Waals surface area contributed by atoms with Crippen molar-refractivity contribution in [3.8, 4) is 0 Å². The van der Waals surface area contributed by atoms with Crippen molar-refractivity contribution in [3.05, 3.63) is 0 Å². The van der Waals surface area contributed by atoms with Gasteiger partial charge in [0.05, 0.1) is 0 Å². The predicted octanol–water partition coefficient (Wildman–Crippen LogP) is 8.57. The Morgan fingerprint density at radius 1 is 0.906 bits per heavy atom. The fraction of sp³-hybridized carbons (Fsp3) is 0.967. The molecule has 184 valence electrons. The lowest BCUT2D eigenvalue weighted by Gasteiger charge is -2.61. The third-order valence-electron chi connectivity index (χ3n) is 11.1. The van der Waals surface area contributed by atoms with E-state index in [1.165, 1.54) is 77.0 Å². The predicted molar refractivity (Wildman–Crippen MR) is 133 cm³/mol. The summed E-state index contributed by atoms with van der Waals surface area (Å²) in [5.41, 5.74) is 0.877. The van der Waals surface area contributed by atoms with E-state index in [2.05, 4.69) is 20.8 Å². The molecule has 0 spiro atoms. The molecule has 4 aliphatic rings. The Kier molecular flexibility index (Phi) is 7.11. The summed E-state index contributed by atoms with van der Waals surface area (Å²) in [6.45, 7) is 13.8. The highest BCUT2D eigenvalue weighted by molar-refractivity contribution is 5.69. The van der Waals surface area contributed by atoms with Crippen molar-refractivity contribution >= 4 is 5.97 Å². The maximum absolute atomic E-state index is 12.0. The first-order valence-corrected chi connectivity index (χ1v) is 14.3. The molecule has 2 heteroatoms. The van der Waals surface area contributed by atoms with Crippen molar-refractivity contribution in [3.63, 3.8) is 0 Å². The Hall–Kier alpha value is -0.530. The molecule has 32 heavy (non-hydrogen) atoms. The number of rotatable bonds is 6. The SMILES string of the molecule is C[C@H](CCCCC(=O)OC(C)(C)C)C1CCC2C3CCC4CCCCC4(C)C3CCC21C. The molecule has 4 rings (SSSR count). The fourth-order valence-electron chi connectivity index (χ4n) is 9.60. The second-order valence-corrected chi connectivity index (χ2v) is 13.9. The van der Waals surface area contributed by atoms with Crippen LogP contribution in [0.1, 0.15) is 131 Å². The van der Waals surface area contributed by atoms with Gasteiger partial charge in [0.15, 0.2) is 0 Å². The van der Waals surface area contributed by atoms with Crippen molar-refractivity contribution in [2.24, 2.45) is 46.3 Å². The Bertz CT molecular complexity index is 662. The van der Waals surface area contributed by atoms with Crippen LogP contribution in [0.2, 0.25) is 0 Å². The zero-order chi connectivity index (χ0) is 23.1. The minimum atomic E-state index is -0.357. The Balaban J connectivity index is 1.32. The van der Waals surface area contributed by atoms with Crippen LogP contribution in [0.25, 0.3) is 0 Å². The number of carbonyl (C=O) groups is 1. The smallest absolute Gasteiger partial charge is 0.306 e. The molecule has 4 aliphatic carbocycles. The summed E-state index contributed by atoms with van der Waals surface area (Å²) in [7, 11) is 0. The molecule has 2 nitrogen and oxygen atoms in total. The van der Waals surface area contributed by atoms with E-state index in [9.17, 15) is 4.79 Å². The maximum Gasteiger partial charge on any atom is 0.306 e. The van der Waals surface area contributed by atoms with Gasteiger partial charge >= 0.3 is 5.97 Å². The van der Waals surface area contributed by atoms with Gasteiger partial charge in [0.25, 0.3) is 0 Å². The Morgan fingerprint density at radius 3 is 2.41 bits per heavy atom. The van der Waals surface area contributed by atoms with Gasteiger partial charge in [-0.25, -0.2) is 0 Å². The molecule has 0 radical (unpaired) electrons. The van der Waals surface area contributed by atoms with E-state index in [4.69, 9.17) is 4.74 Å². The second-order valence-electron chi connectivity index (χ2n) is 13.9. The van der Waals surface area contributed by atoms with Crippen molar-refractivity contribution in [2.75, 3.05) is 0 Å². The highest BCUT2D eigenvalue weighted by atomic mass is 16.6. The zero-order valence-corrected chi connectivity index (χ0v) is 22.2. The maximum atomic E-state index is 12.0. The van der Waals surface area contributed by atoms with Crippen LogP contribution in [0.4, 0.5) is 0 Å². The number of fused-ring (bicyclic) bond motifs is 5. The average Bonchev–Trinajstić information content (AvgIpc) is 3.06. The molecule has 4 saturated carbocycles. The molecule has 4 fully saturated rings. The first-order valence-electron chi connectivity index (χ1n) is 14.3. The summed E-state index contributed by atoms with van der Waals surface area (Å²) in [6, 6.07) is 0. The normalized spacial score (nSPS) is 42.5. The van der Waals surface area contributed by atoms with E-state index < -0.39 is 0 Å². The molecule has 0 aromatic carbocycles. The molecular formula is C30H52O2. The molecule has 0 bridgehead atoms. The van der Waals surface area contributed by atoms with E-state index in [1.54, 1.807) is 0 Å². The van der Waals surface area contributed by atoms with Crippen molar-refractivity contribution in [1.29, 1.82) is 0 Å². The van der Waals surface area contributed by atoms with Gasteiger partial charge in [-0.2, -0.15) is 0 Å². The molecule has 0 aromatic rings. The van der Waals surface area contributed by atoms with Crippen LogP contribution < -0.4 is 0 Å². The van der Waals surface area contributed by atoms with Gasteiger partial charge in [0.2, 0.25) is 0 Å². The van der Waals surface area contributed by atoms with Gasteiger partial charge in [0, 0.05) is 6.42 Å². The van der Waals surface area contributed by atoms with Gasteiger partial charge in [-0.1, -0.05) is 46.5 Å². The number of ether oxygens (including phenoxy) is 1. The van der Waals surface area contributed by atoms with Gasteiger partial charge in [0.1, 0.15) is 5.60 Å². The number of hydrogen-bond acceptors (Lipinski definition) is 2. The number of carbonyl (C=O) groups excluding carboxylic acids is 1. The lowest BCUT2D eigenvalue weighted by atomic mass is 9.44. The monoisotopic (exact) mass is 444 g/mol. The molecule has 0 N–H and O–H groups in total. The third kappa shape index (κ3) is 4.68. The molecule has 8 atom stereocenters. The molecule has 0 aliphatic heterocycles. The molecular weight excluding hydrogens is 392 g/mol. The van der Waals surface area contributed by atoms with Gasteiger partial charge < -0.3 is 4.74 Å². The molecule has 0 saturated heterocycles. The quantitative estimate of drug-likeness (QED) is 0.303. The third-order valence-corrected chi connectivity index (χ3v) is 11.1. The number of unbranched alkanes of at least 4 members (excludes halogenated alkanes) is 1. The minimum absolute atomic E-state index is 0.0248. The van der Waals surface area contributed by atoms with Crippen molar-refractivity contribution < 1.29 is 9.53 Å². The lowest BCUT2D eigenvalue weighted by molar-refractivity contribution is -0.154. The summed E-state index contributed by atoms with van der Waals surface area (Å²) < 4.78 is 5.49. The summed E-state index contributed by atoms with van der Waals surface area (Å²) in [6.07, 6.45) is 19.0. The molecule has 0 aromatic heterocycles. The summed E-state index contributed by atoms with van der Waals surface area (Å²) in [5.74, 6) is 5.70. The summed E-state index contributed by atoms with van der Waals surface area (Å²) in [5, 5.41) is 0. The second kappa shape index (κ2) is 9.26. The summed E-state index contributed by atoms with van der Waals surface area (Å²) in [4.78, 5) is 12.0. The van der Waals surface area contributed by atoms with Crippen LogP contribution in [-0.4, -0.2) is 11.6 Å². The lowest BCUT2D eigenvalue weighted by Crippen LogP contribution is -2.53. The van der Waals surface area contributed by atoms with Gasteiger partial charge in [-0.05, 0) is 125 Å². The number of hydrogen-bond donors (Lipinski definition) is 0. The summed E-state index contributed by atoms with van der Waals surface area (Å²) >= 11 is 0. The first kappa shape index (κ1) is 24.6. The molecule has 7 unspecified atom stereocenters. The largest absolute Gasteiger partial charge is 0.460 e. The highest BCUT2D eigenvalue weighted by Crippen LogP contribution is 2.68. The van der Waals surface area contributed by atoms with Crippen LogP contribution in [0.3, 0.4) is 0 Å². The van der Waals surface area contributed by atoms with Crippen LogP contribution in [0, 0.1) is 46.3 Å². The molecule has 0 heterocycles. The van der Waals surface area contributed by atoms with E-state index >= 15 is 0 Å². The van der Waals surface area contributed by atoms with Crippen molar-refractivity contribution in [1.82, 2.24) is 0 Å². The van der Waals surface area contributed by atoms with E-state index in [0.29, 0.717) is 17.3 Å². The highest BCUT2D eigenvalue weighted by Gasteiger charge is 2.60. The van der Waals surface area contributed by atoms with Gasteiger partial charge in [-0.3, -0.25) is 4.79 Å². The molecule has 0 amide bonds.